The van der Waals surface area contributed by atoms with Crippen molar-refractivity contribution in [1.82, 2.24) is 4.40 Å². The van der Waals surface area contributed by atoms with E-state index in [1.165, 1.54) is 60.8 Å². The van der Waals surface area contributed by atoms with Crippen molar-refractivity contribution in [2.45, 2.75) is 51.6 Å². The van der Waals surface area contributed by atoms with Gasteiger partial charge in [-0.05, 0) is 64.4 Å². The van der Waals surface area contributed by atoms with Crippen molar-refractivity contribution in [3.05, 3.63) is 125 Å². The molecule has 2 aliphatic rings. The lowest BCUT2D eigenvalue weighted by Gasteiger charge is -2.22. The van der Waals surface area contributed by atoms with Crippen LogP contribution in [0.25, 0.3) is 66.3 Å². The van der Waals surface area contributed by atoms with Gasteiger partial charge in [0.2, 0.25) is 0 Å². The van der Waals surface area contributed by atoms with E-state index < -0.39 is 0 Å². The number of aromatic nitrogens is 1. The van der Waals surface area contributed by atoms with Gasteiger partial charge in [0.1, 0.15) is 17.4 Å². The first kappa shape index (κ1) is 25.3. The van der Waals surface area contributed by atoms with E-state index in [9.17, 15) is 0 Å². The molecule has 218 valence electrons. The first-order valence-electron chi connectivity index (χ1n) is 16.2. The van der Waals surface area contributed by atoms with Crippen LogP contribution in [-0.4, -0.2) is 4.40 Å². The van der Waals surface area contributed by atoms with E-state index in [1.54, 1.807) is 0 Å². The standard InChI is InChI=1S/C42H33NO2/c1-22(2)24-17-25(23(3)4)19-26(18-24)27-20-34-30-13-15-32-28-9-5-7-11-36(28)44-41(32)39(30)43-38(34)35(21-27)31-14-16-33-29-10-6-8-12-37(29)45-42(33)40(31)43/h5-23,32,41H,1-4H3. The molecule has 5 aromatic carbocycles. The van der Waals surface area contributed by atoms with Crippen LogP contribution in [-0.2, 0) is 0 Å². The lowest BCUT2D eigenvalue weighted by Crippen LogP contribution is -2.14. The molecule has 45 heavy (non-hydrogen) atoms. The normalized spacial score (nSPS) is 17.4. The van der Waals surface area contributed by atoms with Crippen molar-refractivity contribution in [2.75, 3.05) is 0 Å². The van der Waals surface area contributed by atoms with Crippen LogP contribution >= 0.6 is 0 Å². The highest BCUT2D eigenvalue weighted by Gasteiger charge is 2.41. The smallest absolute Gasteiger partial charge is 0.160 e. The van der Waals surface area contributed by atoms with Crippen LogP contribution < -0.4 is 4.74 Å². The number of rotatable bonds is 3. The molecule has 4 heterocycles. The number of ether oxygens (including phenoxy) is 1. The number of benzene rings is 5. The van der Waals surface area contributed by atoms with Gasteiger partial charge in [0, 0.05) is 44.0 Å². The summed E-state index contributed by atoms with van der Waals surface area (Å²) >= 11 is 0. The summed E-state index contributed by atoms with van der Waals surface area (Å²) in [7, 11) is 0. The van der Waals surface area contributed by atoms with Crippen molar-refractivity contribution in [2.24, 2.45) is 0 Å². The van der Waals surface area contributed by atoms with Crippen LogP contribution in [0.5, 0.6) is 5.75 Å². The topological polar surface area (TPSA) is 26.8 Å². The Kier molecular flexibility index (Phi) is 4.95. The second-order valence-electron chi connectivity index (χ2n) is 13.6. The third kappa shape index (κ3) is 3.31. The second kappa shape index (κ2) is 8.79. The maximum Gasteiger partial charge on any atom is 0.160 e. The van der Waals surface area contributed by atoms with E-state index in [0.717, 1.165) is 33.2 Å². The van der Waals surface area contributed by atoms with Crippen LogP contribution in [0.4, 0.5) is 0 Å². The van der Waals surface area contributed by atoms with Crippen molar-refractivity contribution >= 4 is 55.2 Å². The maximum atomic E-state index is 6.81. The largest absolute Gasteiger partial charge is 0.483 e. The third-order valence-electron chi connectivity index (χ3n) is 10.4. The Morgan fingerprint density at radius 1 is 0.644 bits per heavy atom. The predicted octanol–water partition coefficient (Wildman–Crippen LogP) is 11.7. The summed E-state index contributed by atoms with van der Waals surface area (Å²) in [5.41, 5.74) is 13.3. The minimum absolute atomic E-state index is 0.103. The number of nitrogens with zero attached hydrogens (tertiary/aromatic N) is 1. The van der Waals surface area contributed by atoms with Crippen molar-refractivity contribution < 1.29 is 9.15 Å². The van der Waals surface area contributed by atoms with Gasteiger partial charge in [0.05, 0.1) is 16.7 Å². The average molecular weight is 584 g/mol. The molecular weight excluding hydrogens is 550 g/mol. The Balaban J connectivity index is 1.35. The van der Waals surface area contributed by atoms with Gasteiger partial charge in [-0.3, -0.25) is 0 Å². The Labute approximate surface area is 261 Å². The molecule has 0 spiro atoms. The van der Waals surface area contributed by atoms with Gasteiger partial charge in [0.25, 0.3) is 0 Å². The van der Waals surface area contributed by atoms with Gasteiger partial charge in [-0.1, -0.05) is 101 Å². The predicted molar refractivity (Wildman–Crippen MR) is 186 cm³/mol. The van der Waals surface area contributed by atoms with E-state index in [4.69, 9.17) is 9.15 Å². The highest BCUT2D eigenvalue weighted by molar-refractivity contribution is 6.25. The van der Waals surface area contributed by atoms with E-state index in [0.29, 0.717) is 11.8 Å². The number of fused-ring (bicyclic) bond motifs is 14. The van der Waals surface area contributed by atoms with E-state index in [1.807, 2.05) is 0 Å². The summed E-state index contributed by atoms with van der Waals surface area (Å²) < 4.78 is 16.0. The molecule has 3 heteroatoms. The van der Waals surface area contributed by atoms with Gasteiger partial charge in [-0.15, -0.1) is 0 Å². The molecule has 0 N–H and O–H groups in total. The Morgan fingerprint density at radius 2 is 1.36 bits per heavy atom. The van der Waals surface area contributed by atoms with Gasteiger partial charge in [-0.2, -0.15) is 0 Å². The summed E-state index contributed by atoms with van der Waals surface area (Å²) in [6.45, 7) is 9.16. The van der Waals surface area contributed by atoms with Gasteiger partial charge >= 0.3 is 0 Å². The molecular formula is C42H33NO2. The van der Waals surface area contributed by atoms with Crippen molar-refractivity contribution in [1.29, 1.82) is 0 Å². The van der Waals surface area contributed by atoms with E-state index in [2.05, 4.69) is 135 Å². The summed E-state index contributed by atoms with van der Waals surface area (Å²) in [6, 6.07) is 33.5. The third-order valence-corrected chi connectivity index (χ3v) is 10.4. The number of para-hydroxylation sites is 2. The van der Waals surface area contributed by atoms with E-state index >= 15 is 0 Å². The molecule has 0 radical (unpaired) electrons. The zero-order valence-corrected chi connectivity index (χ0v) is 25.9. The zero-order chi connectivity index (χ0) is 30.1. The van der Waals surface area contributed by atoms with Crippen LogP contribution in [0, 0.1) is 0 Å². The molecule has 0 saturated heterocycles. The first-order valence-corrected chi connectivity index (χ1v) is 16.2. The minimum atomic E-state index is -0.103. The Morgan fingerprint density at radius 3 is 2.18 bits per heavy atom. The second-order valence-corrected chi connectivity index (χ2v) is 13.6. The van der Waals surface area contributed by atoms with Crippen LogP contribution in [0.1, 0.15) is 79.5 Å². The van der Waals surface area contributed by atoms with Crippen LogP contribution in [0.15, 0.2) is 101 Å². The molecule has 3 aromatic heterocycles. The van der Waals surface area contributed by atoms with Gasteiger partial charge < -0.3 is 13.6 Å². The summed E-state index contributed by atoms with van der Waals surface area (Å²) in [5.74, 6) is 2.07. The molecule has 2 atom stereocenters. The monoisotopic (exact) mass is 583 g/mol. The van der Waals surface area contributed by atoms with Crippen LogP contribution in [0.2, 0.25) is 0 Å². The average Bonchev–Trinajstić information content (AvgIpc) is 3.80. The molecule has 0 saturated carbocycles. The van der Waals surface area contributed by atoms with E-state index in [-0.39, 0.29) is 12.0 Å². The molecule has 0 bridgehead atoms. The molecule has 2 unspecified atom stereocenters. The molecule has 1 aliphatic heterocycles. The molecule has 8 aromatic rings. The minimum Gasteiger partial charge on any atom is -0.483 e. The van der Waals surface area contributed by atoms with Crippen molar-refractivity contribution in [3.63, 3.8) is 0 Å². The highest BCUT2D eigenvalue weighted by Crippen LogP contribution is 2.54. The van der Waals surface area contributed by atoms with Gasteiger partial charge in [0.15, 0.2) is 5.58 Å². The summed E-state index contributed by atoms with van der Waals surface area (Å²) in [6.07, 6.45) is 4.60. The molecule has 3 nitrogen and oxygen atoms in total. The Hall–Kier alpha value is -5.02. The molecule has 1 aliphatic carbocycles. The fourth-order valence-corrected chi connectivity index (χ4v) is 8.11. The van der Waals surface area contributed by atoms with Gasteiger partial charge in [-0.25, -0.2) is 0 Å². The number of hydrogen-bond donors (Lipinski definition) is 0. The first-order chi connectivity index (χ1) is 22.0. The summed E-state index contributed by atoms with van der Waals surface area (Å²) in [5, 5.41) is 6.05. The zero-order valence-electron chi connectivity index (χ0n) is 25.9. The molecule has 0 amide bonds. The lowest BCUT2D eigenvalue weighted by atomic mass is 9.86. The SMILES string of the molecule is CC(C)c1cc(-c2cc3c4c(n5c3c(c2)c2ccc3c6ccccc6oc3c25)C2Oc3ccccc3C2C=C4)cc(C(C)C)c1. The highest BCUT2D eigenvalue weighted by atomic mass is 16.5. The number of hydrogen-bond acceptors (Lipinski definition) is 2. The summed E-state index contributed by atoms with van der Waals surface area (Å²) in [4.78, 5) is 0. The Bertz CT molecular complexity index is 2510. The lowest BCUT2D eigenvalue weighted by molar-refractivity contribution is 0.217. The number of furan rings is 1. The fraction of sp³-hybridized carbons (Fsp3) is 0.190. The van der Waals surface area contributed by atoms with Crippen LogP contribution in [0.3, 0.4) is 0 Å². The quantitative estimate of drug-likeness (QED) is 0.207. The molecule has 0 fully saturated rings. The molecule has 10 rings (SSSR count). The fourth-order valence-electron chi connectivity index (χ4n) is 8.11. The van der Waals surface area contributed by atoms with Crippen molar-refractivity contribution in [3.8, 4) is 16.9 Å². The maximum absolute atomic E-state index is 6.81.